The van der Waals surface area contributed by atoms with Crippen LogP contribution in [-0.2, 0) is 57.5 Å². The molecular formula is C89H118N24O12S5. The lowest BCUT2D eigenvalue weighted by Crippen LogP contribution is -2.57. The summed E-state index contributed by atoms with van der Waals surface area (Å²) in [5.74, 6) is -2.62. The summed E-state index contributed by atoms with van der Waals surface area (Å²) in [7, 11) is 5.11. The zero-order valence-electron chi connectivity index (χ0n) is 74.9. The molecule has 41 heteroatoms. The number of thioether (sulfide) groups is 1. The number of benzene rings is 4. The number of anilines is 4. The Hall–Kier alpha value is -11.1. The van der Waals surface area contributed by atoms with Crippen LogP contribution in [0.5, 0.6) is 0 Å². The molecular weight excluding hydrogens is 1760 g/mol. The van der Waals surface area contributed by atoms with E-state index in [4.69, 9.17) is 5.73 Å². The summed E-state index contributed by atoms with van der Waals surface area (Å²) in [5.41, 5.74) is 11.5. The molecule has 14 rings (SSSR count). The molecule has 13 N–H and O–H groups in total. The van der Waals surface area contributed by atoms with Gasteiger partial charge in [0, 0.05) is 93.8 Å². The van der Waals surface area contributed by atoms with Crippen LogP contribution in [0.3, 0.4) is 0 Å². The Kier molecular flexibility index (Phi) is 36.9. The maximum Gasteiger partial charge on any atom is 0.248 e. The third kappa shape index (κ3) is 25.6. The minimum Gasteiger partial charge on any atom is -0.343 e. The largest absolute Gasteiger partial charge is 0.343 e. The summed E-state index contributed by atoms with van der Waals surface area (Å²) in [5, 5.41) is 50.6. The van der Waals surface area contributed by atoms with Crippen LogP contribution in [0.25, 0.3) is 45.0 Å². The molecule has 1 unspecified atom stereocenters. The maximum atomic E-state index is 13.8. The first kappa shape index (κ1) is 99.5. The van der Waals surface area contributed by atoms with Gasteiger partial charge in [-0.1, -0.05) is 186 Å². The average Bonchev–Trinajstić information content (AvgIpc) is 1.64. The second-order valence-corrected chi connectivity index (χ2v) is 37.7. The molecule has 4 aromatic heterocycles. The summed E-state index contributed by atoms with van der Waals surface area (Å²) < 4.78 is 16.0. The number of likely N-dealkylation sites (N-methyl/N-ethyl adjacent to an activating group) is 3. The minimum atomic E-state index is -0.739. The Labute approximate surface area is 777 Å². The van der Waals surface area contributed by atoms with Gasteiger partial charge in [-0.3, -0.25) is 57.5 Å². The summed E-state index contributed by atoms with van der Waals surface area (Å²) in [4.78, 5) is 162. The lowest BCUT2D eigenvalue weighted by molar-refractivity contribution is -0.142. The van der Waals surface area contributed by atoms with Crippen LogP contribution < -0.4 is 64.2 Å². The van der Waals surface area contributed by atoms with E-state index in [2.05, 4.69) is 96.8 Å². The van der Waals surface area contributed by atoms with Gasteiger partial charge in [0.25, 0.3) is 0 Å². The number of nitrogens with zero attached hydrogens (tertiary/aromatic N) is 12. The van der Waals surface area contributed by atoms with Gasteiger partial charge < -0.3 is 83.8 Å². The van der Waals surface area contributed by atoms with Crippen molar-refractivity contribution in [3.05, 3.63) is 121 Å². The smallest absolute Gasteiger partial charge is 0.248 e. The quantitative estimate of drug-likeness (QED) is 0.0211. The van der Waals surface area contributed by atoms with Gasteiger partial charge >= 0.3 is 0 Å². The number of carbonyl (C=O) groups excluding carboxylic acids is 12. The topological polar surface area (TPSA) is 479 Å². The van der Waals surface area contributed by atoms with Crippen molar-refractivity contribution in [2.75, 3.05) is 67.8 Å². The fourth-order valence-corrected chi connectivity index (χ4v) is 19.9. The molecule has 9 heterocycles. The molecule has 5 saturated heterocycles. The van der Waals surface area contributed by atoms with Gasteiger partial charge in [-0.2, -0.15) is 0 Å². The van der Waals surface area contributed by atoms with Crippen molar-refractivity contribution in [3.63, 3.8) is 0 Å². The Morgan fingerprint density at radius 2 is 0.723 bits per heavy atom. The Morgan fingerprint density at radius 3 is 1.08 bits per heavy atom. The summed E-state index contributed by atoms with van der Waals surface area (Å²) in [6, 6.07) is 31.0. The number of hydrogen-bond acceptors (Lipinski definition) is 29. The van der Waals surface area contributed by atoms with Crippen LogP contribution in [-0.4, -0.2) is 253 Å². The first-order valence-electron chi connectivity index (χ1n) is 44.2. The molecule has 1 aliphatic carbocycles. The zero-order valence-corrected chi connectivity index (χ0v) is 79.0. The molecule has 696 valence electrons. The number of fused-ring (bicyclic) bond motifs is 1. The van der Waals surface area contributed by atoms with Crippen molar-refractivity contribution < 1.29 is 57.5 Å². The van der Waals surface area contributed by atoms with Crippen molar-refractivity contribution >= 4 is 149 Å². The van der Waals surface area contributed by atoms with E-state index in [1.54, 1.807) is 80.2 Å². The van der Waals surface area contributed by atoms with Crippen LogP contribution in [0.1, 0.15) is 145 Å². The van der Waals surface area contributed by atoms with Crippen LogP contribution in [0.15, 0.2) is 121 Å². The van der Waals surface area contributed by atoms with Crippen molar-refractivity contribution in [2.45, 2.75) is 223 Å². The number of nitrogens with two attached hydrogens (primary N) is 1. The van der Waals surface area contributed by atoms with Gasteiger partial charge in [-0.05, 0) is 137 Å². The molecule has 6 fully saturated rings. The van der Waals surface area contributed by atoms with E-state index >= 15 is 0 Å². The Balaban J connectivity index is 0.000000168. The van der Waals surface area contributed by atoms with Crippen molar-refractivity contribution in [1.29, 1.82) is 0 Å². The molecule has 1 saturated carbocycles. The third-order valence-electron chi connectivity index (χ3n) is 23.9. The van der Waals surface area contributed by atoms with E-state index in [1.807, 2.05) is 149 Å². The van der Waals surface area contributed by atoms with Gasteiger partial charge in [0.1, 0.15) is 91.1 Å². The van der Waals surface area contributed by atoms with E-state index < -0.39 is 78.4 Å². The lowest BCUT2D eigenvalue weighted by Gasteiger charge is -2.35. The molecule has 5 aliphatic heterocycles. The predicted molar refractivity (Wildman–Crippen MR) is 504 cm³/mol. The molecule has 4 aromatic carbocycles. The molecule has 0 radical (unpaired) electrons. The summed E-state index contributed by atoms with van der Waals surface area (Å²) >= 11 is 6.06. The van der Waals surface area contributed by atoms with E-state index in [1.165, 1.54) is 0 Å². The number of likely N-dealkylation sites (tertiary alicyclic amines) is 3. The first-order valence-corrected chi connectivity index (χ1v) is 48.3. The number of carbonyl (C=O) groups is 12. The molecule has 0 bridgehead atoms. The second kappa shape index (κ2) is 48.2. The van der Waals surface area contributed by atoms with Crippen LogP contribution in [0.2, 0.25) is 0 Å². The highest BCUT2D eigenvalue weighted by Crippen LogP contribution is 2.40. The molecule has 6 aliphatic rings. The highest BCUT2D eigenvalue weighted by molar-refractivity contribution is 8.00. The van der Waals surface area contributed by atoms with Crippen molar-refractivity contribution in [2.24, 2.45) is 23.5 Å². The number of hydrogen-bond donors (Lipinski definition) is 12. The van der Waals surface area contributed by atoms with Crippen LogP contribution >= 0.6 is 57.9 Å². The molecule has 36 nitrogen and oxygen atoms in total. The Morgan fingerprint density at radius 1 is 0.385 bits per heavy atom. The van der Waals surface area contributed by atoms with Crippen LogP contribution in [0.4, 0.5) is 20.0 Å². The lowest BCUT2D eigenvalue weighted by atomic mass is 9.83. The van der Waals surface area contributed by atoms with E-state index in [0.29, 0.717) is 100 Å². The van der Waals surface area contributed by atoms with Gasteiger partial charge in [0.2, 0.25) is 70.9 Å². The van der Waals surface area contributed by atoms with Gasteiger partial charge in [-0.25, -0.2) is 0 Å². The standard InChI is InChI=1S/C25H34N6O3S.C22H30N6O3S.C21H26N6O3S2.C21H28N6O3S/c1-16(26-2)22(32)27-21(18-12-7-4-8-13-18)25(34)31-15-9-14-19(31)23(33)28-24-20(29-30-35-24)17-10-5-3-6-11-17;1-13(2)17(24-19(29)14(3)23-4)22(31)28-12-8-11-16(28)20(30)25-21-18(26-27-32-21)15-9-6-5-7-10-15;1-12(22-2)18(28)23-14-9-6-10-16-27(21(14)30)15(11-31-16)19(29)24-20-17(25-26-32-20)13-7-4-3-5-8-13;1-12(2)16(23-18(28)13(3)22)21(30)27-11-7-10-15(27)19(29)24-20-17(25-26-31-20)14-8-5-4-6-9-14/h3,5-6,10-11,16,18-19,21,26H,4,7-9,12-15H2,1-2H3,(H,27,32)(H,28,33);5-7,9-10,13-14,16-17,23H,8,11-12H2,1-4H3,(H,24,29)(H,25,30);3-5,7-8,12,14-16,22H,6,9-11H2,1-2H3,(H,23,28)(H,24,29);4-6,8-9,12-13,15-16H,7,10-11,22H2,1-3H3,(H,23,28)(H,24,29)/t16-,19-,21-;14-,16-,17-;12-,14?,15-,16+;13-,15-,16-/m0000/s1. The van der Waals surface area contributed by atoms with E-state index in [-0.39, 0.29) is 88.1 Å². The fraction of sp³-hybridized carbons (Fsp3) is 0.506. The molecule has 13 atom stereocenters. The number of aromatic nitrogens is 8. The fourth-order valence-electron chi connectivity index (χ4n) is 16.1. The average molecular weight is 1880 g/mol. The molecule has 8 aromatic rings. The van der Waals surface area contributed by atoms with Crippen molar-refractivity contribution in [3.8, 4) is 45.0 Å². The van der Waals surface area contributed by atoms with Gasteiger partial charge in [-0.15, -0.1) is 32.2 Å². The number of nitrogens with one attached hydrogen (secondary N) is 11. The minimum absolute atomic E-state index is 0.0601. The Bertz CT molecular complexity index is 5140. The van der Waals surface area contributed by atoms with Gasteiger partial charge in [0.15, 0.2) is 0 Å². The monoisotopic (exact) mass is 1870 g/mol. The van der Waals surface area contributed by atoms with E-state index in [0.717, 1.165) is 126 Å². The van der Waals surface area contributed by atoms with Crippen molar-refractivity contribution in [1.82, 2.24) is 95.2 Å². The number of rotatable bonds is 29. The van der Waals surface area contributed by atoms with Crippen LogP contribution in [0, 0.1) is 17.8 Å². The normalized spacial score (nSPS) is 20.0. The molecule has 12 amide bonds. The number of amides is 12. The highest BCUT2D eigenvalue weighted by Gasteiger charge is 2.48. The third-order valence-corrected chi connectivity index (χ3v) is 27.8. The van der Waals surface area contributed by atoms with Gasteiger partial charge in [0.05, 0.1) is 29.5 Å². The summed E-state index contributed by atoms with van der Waals surface area (Å²) in [6.45, 7) is 15.7. The maximum absolute atomic E-state index is 13.8. The molecule has 130 heavy (non-hydrogen) atoms. The molecule has 0 spiro atoms. The second-order valence-electron chi connectivity index (χ2n) is 33.5. The van der Waals surface area contributed by atoms with E-state index in [9.17, 15) is 57.5 Å². The highest BCUT2D eigenvalue weighted by atomic mass is 32.2. The summed E-state index contributed by atoms with van der Waals surface area (Å²) in [6.07, 6.45) is 11.1. The zero-order chi connectivity index (χ0) is 93.2. The first-order chi connectivity index (χ1) is 62.6. The predicted octanol–water partition coefficient (Wildman–Crippen LogP) is 8.00. The SMILES string of the molecule is CC(C)[C@H](NC(=O)[C@H](C)N)C(=O)N1CCC[C@H]1C(=O)Nc1snnc1-c1ccccc1.CN[C@@H](C)C(=O)NC1CCC[C@H]2SC[C@@H](C(=O)Nc3snnc3-c3ccccc3)N2C1=O.CN[C@@H](C)C(=O)N[C@H](C(=O)N1CCC[C@H]1C(=O)Nc1snnc1-c1ccccc1)C(C)C.CN[C@@H](C)C(=O)N[C@H](C(=O)N1CCC[C@H]1C(=O)Nc1snnc1-c1ccccc1)C1CCCCC1.